The molecule has 3 N–H and O–H groups in total. The van der Waals surface area contributed by atoms with E-state index in [1.807, 2.05) is 25.1 Å². The van der Waals surface area contributed by atoms with Crippen LogP contribution < -0.4 is 11.1 Å². The van der Waals surface area contributed by atoms with Crippen LogP contribution in [0.1, 0.15) is 21.9 Å². The molecule has 17 heavy (non-hydrogen) atoms. The lowest BCUT2D eigenvalue weighted by Crippen LogP contribution is -2.24. The molecule has 0 radical (unpaired) electrons. The second kappa shape index (κ2) is 4.60. The number of anilines is 1. The lowest BCUT2D eigenvalue weighted by molar-refractivity contribution is 0.0941. The fourth-order valence-electron chi connectivity index (χ4n) is 1.31. The number of amides is 1. The highest BCUT2D eigenvalue weighted by atomic mass is 16.6. The molecule has 7 nitrogen and oxygen atoms in total. The van der Waals surface area contributed by atoms with Gasteiger partial charge in [-0.3, -0.25) is 9.78 Å². The van der Waals surface area contributed by atoms with Gasteiger partial charge in [-0.2, -0.15) is 0 Å². The van der Waals surface area contributed by atoms with Gasteiger partial charge in [-0.15, -0.1) is 0 Å². The number of rotatable bonds is 3. The van der Waals surface area contributed by atoms with Gasteiger partial charge in [-0.1, -0.05) is 6.07 Å². The molecule has 7 heteroatoms. The first-order valence-electron chi connectivity index (χ1n) is 4.95. The Morgan fingerprint density at radius 3 is 2.94 bits per heavy atom. The summed E-state index contributed by atoms with van der Waals surface area (Å²) >= 11 is 0. The van der Waals surface area contributed by atoms with Crippen molar-refractivity contribution in [3.63, 3.8) is 0 Å². The van der Waals surface area contributed by atoms with Crippen LogP contribution in [0.25, 0.3) is 0 Å². The number of nitrogens with zero attached hydrogens (tertiary/aromatic N) is 3. The van der Waals surface area contributed by atoms with Gasteiger partial charge in [0.05, 0.1) is 12.2 Å². The third-order valence-corrected chi connectivity index (χ3v) is 2.11. The zero-order valence-electron chi connectivity index (χ0n) is 9.17. The monoisotopic (exact) mass is 233 g/mol. The summed E-state index contributed by atoms with van der Waals surface area (Å²) in [6.45, 7) is 2.18. The number of pyridine rings is 1. The molecule has 0 fully saturated rings. The molecule has 0 saturated heterocycles. The Morgan fingerprint density at radius 2 is 2.29 bits per heavy atom. The molecule has 0 unspecified atom stereocenters. The van der Waals surface area contributed by atoms with Crippen LogP contribution in [-0.4, -0.2) is 21.2 Å². The van der Waals surface area contributed by atoms with E-state index in [1.165, 1.54) is 0 Å². The van der Waals surface area contributed by atoms with Crippen molar-refractivity contribution in [2.45, 2.75) is 13.5 Å². The van der Waals surface area contributed by atoms with Crippen molar-refractivity contribution in [2.75, 3.05) is 5.73 Å². The summed E-state index contributed by atoms with van der Waals surface area (Å²) in [7, 11) is 0. The van der Waals surface area contributed by atoms with Gasteiger partial charge < -0.3 is 11.1 Å². The number of hydrogen-bond donors (Lipinski definition) is 2. The molecule has 2 rings (SSSR count). The fraction of sp³-hybridized carbons (Fsp3) is 0.200. The van der Waals surface area contributed by atoms with E-state index in [2.05, 4.69) is 25.2 Å². The Morgan fingerprint density at radius 1 is 1.47 bits per heavy atom. The SMILES string of the molecule is Cc1cccc(CNC(=O)c2nonc2N)n1. The number of hydrogen-bond acceptors (Lipinski definition) is 6. The van der Waals surface area contributed by atoms with E-state index in [0.717, 1.165) is 11.4 Å². The fourth-order valence-corrected chi connectivity index (χ4v) is 1.31. The van der Waals surface area contributed by atoms with Crippen molar-refractivity contribution >= 4 is 11.7 Å². The lowest BCUT2D eigenvalue weighted by atomic mass is 10.3. The Bertz CT molecular complexity index is 537. The molecule has 0 aliphatic rings. The van der Waals surface area contributed by atoms with Crippen LogP contribution in [0.5, 0.6) is 0 Å². The lowest BCUT2D eigenvalue weighted by Gasteiger charge is -2.03. The normalized spacial score (nSPS) is 10.2. The van der Waals surface area contributed by atoms with Gasteiger partial charge >= 0.3 is 0 Å². The number of nitrogens with one attached hydrogen (secondary N) is 1. The molecule has 0 spiro atoms. The van der Waals surface area contributed by atoms with E-state index >= 15 is 0 Å². The maximum atomic E-state index is 11.6. The highest BCUT2D eigenvalue weighted by molar-refractivity contribution is 5.95. The zero-order valence-corrected chi connectivity index (χ0v) is 9.17. The molecule has 1 amide bonds. The number of aromatic nitrogens is 3. The molecule has 0 aliphatic carbocycles. The van der Waals surface area contributed by atoms with E-state index in [9.17, 15) is 4.79 Å². The standard InChI is InChI=1S/C10H11N5O2/c1-6-3-2-4-7(13-6)5-12-10(16)8-9(11)15-17-14-8/h2-4H,5H2,1H3,(H2,11,15)(H,12,16). The molecular weight excluding hydrogens is 222 g/mol. The van der Waals surface area contributed by atoms with Crippen LogP contribution in [0.2, 0.25) is 0 Å². The van der Waals surface area contributed by atoms with E-state index < -0.39 is 5.91 Å². The zero-order chi connectivity index (χ0) is 12.3. The van der Waals surface area contributed by atoms with Gasteiger partial charge in [0.1, 0.15) is 0 Å². The molecule has 0 aromatic carbocycles. The predicted octanol–water partition coefficient (Wildman–Crippen LogP) is 0.285. The van der Waals surface area contributed by atoms with Crippen molar-refractivity contribution in [1.82, 2.24) is 20.6 Å². The van der Waals surface area contributed by atoms with Crippen LogP contribution in [0.3, 0.4) is 0 Å². The van der Waals surface area contributed by atoms with Crippen LogP contribution in [0.4, 0.5) is 5.82 Å². The molecular formula is C10H11N5O2. The van der Waals surface area contributed by atoms with Crippen molar-refractivity contribution in [1.29, 1.82) is 0 Å². The number of carbonyl (C=O) groups excluding carboxylic acids is 1. The summed E-state index contributed by atoms with van der Waals surface area (Å²) < 4.78 is 4.34. The summed E-state index contributed by atoms with van der Waals surface area (Å²) in [5, 5.41) is 9.35. The highest BCUT2D eigenvalue weighted by Gasteiger charge is 2.15. The maximum absolute atomic E-state index is 11.6. The highest BCUT2D eigenvalue weighted by Crippen LogP contribution is 2.04. The first-order chi connectivity index (χ1) is 8.16. The first-order valence-corrected chi connectivity index (χ1v) is 4.95. The van der Waals surface area contributed by atoms with Crippen molar-refractivity contribution in [3.05, 3.63) is 35.3 Å². The summed E-state index contributed by atoms with van der Waals surface area (Å²) in [6, 6.07) is 5.57. The van der Waals surface area contributed by atoms with Gasteiger partial charge in [-0.25, -0.2) is 4.63 Å². The minimum Gasteiger partial charge on any atom is -0.379 e. The topological polar surface area (TPSA) is 107 Å². The van der Waals surface area contributed by atoms with Crippen LogP contribution in [0, 0.1) is 6.92 Å². The second-order valence-corrected chi connectivity index (χ2v) is 3.45. The average Bonchev–Trinajstić information content (AvgIpc) is 2.72. The van der Waals surface area contributed by atoms with E-state index in [0.29, 0.717) is 6.54 Å². The third-order valence-electron chi connectivity index (χ3n) is 2.11. The van der Waals surface area contributed by atoms with Gasteiger partial charge in [0.2, 0.25) is 11.5 Å². The number of carbonyl (C=O) groups is 1. The largest absolute Gasteiger partial charge is 0.379 e. The molecule has 0 saturated carbocycles. The molecule has 0 atom stereocenters. The summed E-state index contributed by atoms with van der Waals surface area (Å²) in [6.07, 6.45) is 0. The second-order valence-electron chi connectivity index (χ2n) is 3.45. The van der Waals surface area contributed by atoms with Crippen LogP contribution in [0.15, 0.2) is 22.8 Å². The van der Waals surface area contributed by atoms with E-state index in [1.54, 1.807) is 0 Å². The Labute approximate surface area is 97.0 Å². The van der Waals surface area contributed by atoms with Crippen molar-refractivity contribution in [3.8, 4) is 0 Å². The van der Waals surface area contributed by atoms with Gasteiger partial charge in [0, 0.05) is 5.69 Å². The quantitative estimate of drug-likeness (QED) is 0.788. The van der Waals surface area contributed by atoms with Crippen molar-refractivity contribution < 1.29 is 9.42 Å². The maximum Gasteiger partial charge on any atom is 0.277 e. The Kier molecular flexibility index (Phi) is 2.99. The molecule has 2 heterocycles. The minimum absolute atomic E-state index is 0.0161. The summed E-state index contributed by atoms with van der Waals surface area (Å²) in [4.78, 5) is 15.8. The van der Waals surface area contributed by atoms with Gasteiger partial charge in [0.25, 0.3) is 5.91 Å². The van der Waals surface area contributed by atoms with Crippen LogP contribution >= 0.6 is 0 Å². The number of nitrogen functional groups attached to an aromatic ring is 1. The Balaban J connectivity index is 1.99. The number of nitrogens with two attached hydrogens (primary N) is 1. The van der Waals surface area contributed by atoms with Crippen LogP contribution in [-0.2, 0) is 6.54 Å². The minimum atomic E-state index is -0.438. The molecule has 2 aromatic rings. The molecule has 0 bridgehead atoms. The molecule has 0 aliphatic heterocycles. The van der Waals surface area contributed by atoms with E-state index in [-0.39, 0.29) is 11.5 Å². The number of aryl methyl sites for hydroxylation is 1. The van der Waals surface area contributed by atoms with Gasteiger partial charge in [-0.05, 0) is 29.4 Å². The predicted molar refractivity (Wildman–Crippen MR) is 58.9 cm³/mol. The first kappa shape index (κ1) is 11.1. The summed E-state index contributed by atoms with van der Waals surface area (Å²) in [5.74, 6) is -0.466. The smallest absolute Gasteiger partial charge is 0.277 e. The molecule has 88 valence electrons. The molecule has 2 aromatic heterocycles. The average molecular weight is 233 g/mol. The van der Waals surface area contributed by atoms with E-state index in [4.69, 9.17) is 5.73 Å². The van der Waals surface area contributed by atoms with Gasteiger partial charge in [0.15, 0.2) is 0 Å². The third kappa shape index (κ3) is 2.57. The van der Waals surface area contributed by atoms with Crippen molar-refractivity contribution in [2.24, 2.45) is 0 Å². The Hall–Kier alpha value is -2.44. The summed E-state index contributed by atoms with van der Waals surface area (Å²) in [5.41, 5.74) is 7.02.